The summed E-state index contributed by atoms with van der Waals surface area (Å²) < 4.78 is 31.1. The summed E-state index contributed by atoms with van der Waals surface area (Å²) in [6.07, 6.45) is -0.553. The van der Waals surface area contributed by atoms with Gasteiger partial charge in [-0.3, -0.25) is 4.18 Å². The summed E-state index contributed by atoms with van der Waals surface area (Å²) in [5.74, 6) is 0. The largest absolute Gasteiger partial charge is 0.297 e. The van der Waals surface area contributed by atoms with Gasteiger partial charge in [0, 0.05) is 0 Å². The van der Waals surface area contributed by atoms with Crippen LogP contribution in [0.2, 0.25) is 0 Å². The normalized spacial score (nSPS) is 13.8. The van der Waals surface area contributed by atoms with Gasteiger partial charge in [-0.25, -0.2) is 0 Å². The molecule has 0 aliphatic heterocycles. The van der Waals surface area contributed by atoms with Crippen molar-refractivity contribution in [3.05, 3.63) is 64.7 Å². The third-order valence-corrected chi connectivity index (χ3v) is 5.45. The third-order valence-electron chi connectivity index (χ3n) is 4.15. The standard InChI is InChI=1S/C20H26O3S/c1-14-7-11-18(12-8-14)24(21,22)23-19(20(4,5)6)17-10-9-15(2)16(3)13-17/h7-13,19H,1-6H3. The maximum absolute atomic E-state index is 12.7. The van der Waals surface area contributed by atoms with E-state index in [0.29, 0.717) is 0 Å². The zero-order valence-electron chi connectivity index (χ0n) is 15.3. The molecule has 0 aromatic heterocycles. The fourth-order valence-electron chi connectivity index (χ4n) is 2.51. The summed E-state index contributed by atoms with van der Waals surface area (Å²) in [4.78, 5) is 0.186. The Balaban J connectivity index is 2.42. The highest BCUT2D eigenvalue weighted by Crippen LogP contribution is 2.39. The van der Waals surface area contributed by atoms with Gasteiger partial charge in [-0.15, -0.1) is 0 Å². The molecule has 0 saturated carbocycles. The molecule has 1 atom stereocenters. The summed E-state index contributed by atoms with van der Waals surface area (Å²) in [7, 11) is -3.83. The van der Waals surface area contributed by atoms with Crippen LogP contribution in [0.15, 0.2) is 47.4 Å². The Labute approximate surface area is 145 Å². The van der Waals surface area contributed by atoms with E-state index in [1.54, 1.807) is 24.3 Å². The zero-order valence-corrected chi connectivity index (χ0v) is 16.1. The molecule has 0 N–H and O–H groups in total. The lowest BCUT2D eigenvalue weighted by atomic mass is 9.84. The second-order valence-corrected chi connectivity index (χ2v) is 9.03. The van der Waals surface area contributed by atoms with Crippen molar-refractivity contribution in [3.8, 4) is 0 Å². The quantitative estimate of drug-likeness (QED) is 0.723. The van der Waals surface area contributed by atoms with E-state index < -0.39 is 16.2 Å². The first-order valence-corrected chi connectivity index (χ1v) is 9.48. The monoisotopic (exact) mass is 346 g/mol. The smallest absolute Gasteiger partial charge is 0.258 e. The molecule has 0 bridgehead atoms. The van der Waals surface area contributed by atoms with Crippen LogP contribution >= 0.6 is 0 Å². The van der Waals surface area contributed by atoms with Crippen LogP contribution in [0, 0.1) is 26.2 Å². The van der Waals surface area contributed by atoms with Crippen molar-refractivity contribution >= 4 is 10.1 Å². The number of rotatable bonds is 4. The van der Waals surface area contributed by atoms with E-state index >= 15 is 0 Å². The van der Waals surface area contributed by atoms with Crippen LogP contribution in [0.5, 0.6) is 0 Å². The fourth-order valence-corrected chi connectivity index (χ4v) is 3.75. The minimum atomic E-state index is -3.83. The molecule has 4 heteroatoms. The minimum absolute atomic E-state index is 0.186. The van der Waals surface area contributed by atoms with Gasteiger partial charge >= 0.3 is 0 Å². The predicted octanol–water partition coefficient (Wildman–Crippen LogP) is 5.10. The first-order valence-electron chi connectivity index (χ1n) is 8.08. The van der Waals surface area contributed by atoms with Crippen molar-refractivity contribution in [3.63, 3.8) is 0 Å². The van der Waals surface area contributed by atoms with Gasteiger partial charge in [-0.1, -0.05) is 56.7 Å². The van der Waals surface area contributed by atoms with E-state index in [2.05, 4.69) is 0 Å². The highest BCUT2D eigenvalue weighted by molar-refractivity contribution is 7.86. The summed E-state index contributed by atoms with van der Waals surface area (Å²) in [5.41, 5.74) is 3.82. The molecule has 130 valence electrons. The van der Waals surface area contributed by atoms with Gasteiger partial charge in [0.15, 0.2) is 0 Å². The number of benzene rings is 2. The number of hydrogen-bond acceptors (Lipinski definition) is 3. The first kappa shape index (κ1) is 18.7. The average molecular weight is 346 g/mol. The van der Waals surface area contributed by atoms with Crippen molar-refractivity contribution in [2.24, 2.45) is 5.41 Å². The second-order valence-electron chi connectivity index (χ2n) is 7.45. The summed E-state index contributed by atoms with van der Waals surface area (Å²) in [6.45, 7) is 11.9. The molecule has 0 amide bonds. The SMILES string of the molecule is Cc1ccc(S(=O)(=O)OC(c2ccc(C)c(C)c2)C(C)(C)C)cc1. The van der Waals surface area contributed by atoms with Crippen LogP contribution in [0.1, 0.15) is 49.1 Å². The van der Waals surface area contributed by atoms with Crippen LogP contribution in [0.4, 0.5) is 0 Å². The molecular weight excluding hydrogens is 320 g/mol. The van der Waals surface area contributed by atoms with E-state index in [-0.39, 0.29) is 10.3 Å². The summed E-state index contributed by atoms with van der Waals surface area (Å²) >= 11 is 0. The molecule has 1 unspecified atom stereocenters. The van der Waals surface area contributed by atoms with Gasteiger partial charge in [-0.05, 0) is 55.0 Å². The average Bonchev–Trinajstić information content (AvgIpc) is 2.47. The van der Waals surface area contributed by atoms with Crippen molar-refractivity contribution in [2.45, 2.75) is 52.5 Å². The molecule has 2 rings (SSSR count). The van der Waals surface area contributed by atoms with E-state index in [0.717, 1.165) is 16.7 Å². The Morgan fingerprint density at radius 2 is 1.46 bits per heavy atom. The molecule has 0 spiro atoms. The van der Waals surface area contributed by atoms with E-state index in [1.165, 1.54) is 5.56 Å². The molecule has 0 radical (unpaired) electrons. The maximum atomic E-state index is 12.7. The highest BCUT2D eigenvalue weighted by Gasteiger charge is 2.33. The molecule has 2 aromatic rings. The lowest BCUT2D eigenvalue weighted by molar-refractivity contribution is 0.0933. The second kappa shape index (κ2) is 6.69. The maximum Gasteiger partial charge on any atom is 0.297 e. The van der Waals surface area contributed by atoms with Gasteiger partial charge < -0.3 is 0 Å². The lowest BCUT2D eigenvalue weighted by Gasteiger charge is -2.30. The molecule has 0 heterocycles. The summed E-state index contributed by atoms with van der Waals surface area (Å²) in [5, 5.41) is 0. The van der Waals surface area contributed by atoms with Crippen LogP contribution in [0.3, 0.4) is 0 Å². The highest BCUT2D eigenvalue weighted by atomic mass is 32.2. The summed E-state index contributed by atoms with van der Waals surface area (Å²) in [6, 6.07) is 12.7. The van der Waals surface area contributed by atoms with Crippen LogP contribution in [-0.4, -0.2) is 8.42 Å². The van der Waals surface area contributed by atoms with Crippen molar-refractivity contribution in [1.82, 2.24) is 0 Å². The number of aryl methyl sites for hydroxylation is 3. The van der Waals surface area contributed by atoms with Crippen molar-refractivity contribution < 1.29 is 12.6 Å². The molecule has 3 nitrogen and oxygen atoms in total. The van der Waals surface area contributed by atoms with Gasteiger partial charge in [0.25, 0.3) is 10.1 Å². The molecular formula is C20H26O3S. The Morgan fingerprint density at radius 1 is 0.875 bits per heavy atom. The number of hydrogen-bond donors (Lipinski definition) is 0. The van der Waals surface area contributed by atoms with E-state index in [9.17, 15) is 8.42 Å². The Bertz CT molecular complexity index is 813. The molecule has 24 heavy (non-hydrogen) atoms. The lowest BCUT2D eigenvalue weighted by Crippen LogP contribution is -2.24. The third kappa shape index (κ3) is 4.25. The molecule has 2 aromatic carbocycles. The van der Waals surface area contributed by atoms with E-state index in [4.69, 9.17) is 4.18 Å². The zero-order chi connectivity index (χ0) is 18.1. The Hall–Kier alpha value is -1.65. The molecule has 0 aliphatic carbocycles. The van der Waals surface area contributed by atoms with Crippen LogP contribution < -0.4 is 0 Å². The predicted molar refractivity (Wildman–Crippen MR) is 97.6 cm³/mol. The van der Waals surface area contributed by atoms with Gasteiger partial charge in [0.2, 0.25) is 0 Å². The Kier molecular flexibility index (Phi) is 5.21. The topological polar surface area (TPSA) is 43.4 Å². The van der Waals surface area contributed by atoms with E-state index in [1.807, 2.05) is 59.7 Å². The van der Waals surface area contributed by atoms with Crippen LogP contribution in [0.25, 0.3) is 0 Å². The Morgan fingerprint density at radius 3 is 1.96 bits per heavy atom. The van der Waals surface area contributed by atoms with Crippen molar-refractivity contribution in [1.29, 1.82) is 0 Å². The van der Waals surface area contributed by atoms with Crippen LogP contribution in [-0.2, 0) is 14.3 Å². The van der Waals surface area contributed by atoms with Gasteiger partial charge in [0.1, 0.15) is 6.10 Å². The molecule has 0 saturated heterocycles. The first-order chi connectivity index (χ1) is 11.0. The molecule has 0 fully saturated rings. The van der Waals surface area contributed by atoms with Gasteiger partial charge in [0.05, 0.1) is 4.90 Å². The molecule has 0 aliphatic rings. The fraction of sp³-hybridized carbons (Fsp3) is 0.400. The minimum Gasteiger partial charge on any atom is -0.258 e. The van der Waals surface area contributed by atoms with Crippen molar-refractivity contribution in [2.75, 3.05) is 0 Å². The van der Waals surface area contributed by atoms with Gasteiger partial charge in [-0.2, -0.15) is 8.42 Å².